The number of anilines is 1. The van der Waals surface area contributed by atoms with Gasteiger partial charge in [-0.1, -0.05) is 31.3 Å². The Morgan fingerprint density at radius 1 is 1.03 bits per heavy atom. The Morgan fingerprint density at radius 3 is 2.45 bits per heavy atom. The SMILES string of the molecule is CCN(CC)CCN(C(=O)c1ccc(C)c(C)c1)c1nc2ccc(SC)cc2s1. The van der Waals surface area contributed by atoms with Gasteiger partial charge in [0.05, 0.1) is 10.2 Å². The molecule has 0 atom stereocenters. The number of benzene rings is 2. The summed E-state index contributed by atoms with van der Waals surface area (Å²) in [6, 6.07) is 12.2. The van der Waals surface area contributed by atoms with Crippen LogP contribution in [-0.2, 0) is 0 Å². The van der Waals surface area contributed by atoms with Gasteiger partial charge in [0.15, 0.2) is 5.13 Å². The average molecular weight is 428 g/mol. The van der Waals surface area contributed by atoms with Crippen LogP contribution in [0.25, 0.3) is 10.2 Å². The van der Waals surface area contributed by atoms with Crippen LogP contribution in [0.5, 0.6) is 0 Å². The summed E-state index contributed by atoms with van der Waals surface area (Å²) in [7, 11) is 0. The number of carbonyl (C=O) groups is 1. The molecule has 0 saturated heterocycles. The smallest absolute Gasteiger partial charge is 0.260 e. The lowest BCUT2D eigenvalue weighted by atomic mass is 10.1. The highest BCUT2D eigenvalue weighted by Gasteiger charge is 2.22. The van der Waals surface area contributed by atoms with Gasteiger partial charge in [-0.05, 0) is 74.7 Å². The minimum atomic E-state index is 0.0180. The molecule has 1 aromatic heterocycles. The maximum Gasteiger partial charge on any atom is 0.260 e. The highest BCUT2D eigenvalue weighted by Crippen LogP contribution is 2.32. The number of amides is 1. The Labute approximate surface area is 181 Å². The summed E-state index contributed by atoms with van der Waals surface area (Å²) in [4.78, 5) is 23.7. The second kappa shape index (κ2) is 9.74. The van der Waals surface area contributed by atoms with Crippen molar-refractivity contribution in [2.75, 3.05) is 37.3 Å². The summed E-state index contributed by atoms with van der Waals surface area (Å²) in [5.74, 6) is 0.0180. The molecule has 3 rings (SSSR count). The van der Waals surface area contributed by atoms with E-state index in [4.69, 9.17) is 4.98 Å². The summed E-state index contributed by atoms with van der Waals surface area (Å²) >= 11 is 3.31. The topological polar surface area (TPSA) is 36.4 Å². The van der Waals surface area contributed by atoms with E-state index in [1.807, 2.05) is 36.1 Å². The van der Waals surface area contributed by atoms with Crippen LogP contribution in [0.2, 0.25) is 0 Å². The van der Waals surface area contributed by atoms with Gasteiger partial charge >= 0.3 is 0 Å². The number of hydrogen-bond acceptors (Lipinski definition) is 5. The van der Waals surface area contributed by atoms with Gasteiger partial charge in [0.2, 0.25) is 0 Å². The first-order valence-electron chi connectivity index (χ1n) is 10.0. The molecular formula is C23H29N3OS2. The molecule has 0 fully saturated rings. The molecule has 0 saturated carbocycles. The number of thiazole rings is 1. The Kier molecular flexibility index (Phi) is 7.33. The number of nitrogens with zero attached hydrogens (tertiary/aromatic N) is 3. The summed E-state index contributed by atoms with van der Waals surface area (Å²) in [5.41, 5.74) is 3.99. The van der Waals surface area contributed by atoms with E-state index in [0.29, 0.717) is 6.54 Å². The maximum atomic E-state index is 13.5. The van der Waals surface area contributed by atoms with Crippen molar-refractivity contribution in [3.05, 3.63) is 53.1 Å². The fourth-order valence-corrected chi connectivity index (χ4v) is 4.77. The minimum absolute atomic E-state index is 0.0180. The summed E-state index contributed by atoms with van der Waals surface area (Å²) < 4.78 is 1.12. The van der Waals surface area contributed by atoms with Crippen LogP contribution in [0.4, 0.5) is 5.13 Å². The van der Waals surface area contributed by atoms with E-state index in [0.717, 1.165) is 46.1 Å². The number of rotatable bonds is 8. The van der Waals surface area contributed by atoms with E-state index in [1.54, 1.807) is 23.1 Å². The van der Waals surface area contributed by atoms with E-state index in [-0.39, 0.29) is 5.91 Å². The highest BCUT2D eigenvalue weighted by molar-refractivity contribution is 7.98. The normalized spacial score (nSPS) is 11.4. The van der Waals surface area contributed by atoms with E-state index in [1.165, 1.54) is 10.5 Å². The number of aromatic nitrogens is 1. The van der Waals surface area contributed by atoms with Crippen molar-refractivity contribution in [1.29, 1.82) is 0 Å². The Morgan fingerprint density at radius 2 is 1.79 bits per heavy atom. The molecule has 1 amide bonds. The third-order valence-corrected chi connectivity index (χ3v) is 7.11. The maximum absolute atomic E-state index is 13.5. The number of likely N-dealkylation sites (N-methyl/N-ethyl adjacent to an activating group) is 1. The number of aryl methyl sites for hydroxylation is 2. The van der Waals surface area contributed by atoms with Gasteiger partial charge in [-0.25, -0.2) is 4.98 Å². The standard InChI is InChI=1S/C23H29N3OS2/c1-6-25(7-2)12-13-26(22(27)18-9-8-16(3)17(4)14-18)23-24-20-11-10-19(28-5)15-21(20)29-23/h8-11,14-15H,6-7,12-13H2,1-5H3. The number of carbonyl (C=O) groups excluding carboxylic acids is 1. The van der Waals surface area contributed by atoms with Gasteiger partial charge in [-0.3, -0.25) is 9.69 Å². The Bertz CT molecular complexity index is 995. The van der Waals surface area contributed by atoms with Crippen molar-refractivity contribution < 1.29 is 4.79 Å². The van der Waals surface area contributed by atoms with Gasteiger partial charge in [-0.2, -0.15) is 0 Å². The van der Waals surface area contributed by atoms with Gasteiger partial charge in [0.1, 0.15) is 0 Å². The lowest BCUT2D eigenvalue weighted by Crippen LogP contribution is -2.38. The zero-order valence-corrected chi connectivity index (χ0v) is 19.5. The average Bonchev–Trinajstić information content (AvgIpc) is 3.15. The molecule has 0 bridgehead atoms. The Hall–Kier alpha value is -1.89. The molecular weight excluding hydrogens is 398 g/mol. The second-order valence-electron chi connectivity index (χ2n) is 7.11. The molecule has 0 unspecified atom stereocenters. The van der Waals surface area contributed by atoms with Gasteiger partial charge in [-0.15, -0.1) is 11.8 Å². The van der Waals surface area contributed by atoms with Crippen molar-refractivity contribution in [3.63, 3.8) is 0 Å². The van der Waals surface area contributed by atoms with Gasteiger partial charge in [0, 0.05) is 23.5 Å². The van der Waals surface area contributed by atoms with Crippen LogP contribution in [0.15, 0.2) is 41.3 Å². The fourth-order valence-electron chi connectivity index (χ4n) is 3.23. The van der Waals surface area contributed by atoms with Gasteiger partial charge in [0.25, 0.3) is 5.91 Å². The predicted molar refractivity (Wildman–Crippen MR) is 127 cm³/mol. The van der Waals surface area contributed by atoms with Gasteiger partial charge < -0.3 is 4.90 Å². The first-order chi connectivity index (χ1) is 14.0. The lowest BCUT2D eigenvalue weighted by molar-refractivity contribution is 0.0983. The summed E-state index contributed by atoms with van der Waals surface area (Å²) in [5, 5.41) is 0.772. The molecule has 0 N–H and O–H groups in total. The molecule has 2 aromatic carbocycles. The molecule has 0 aliphatic heterocycles. The first kappa shape index (κ1) is 21.8. The molecule has 3 aromatic rings. The second-order valence-corrected chi connectivity index (χ2v) is 9.00. The molecule has 29 heavy (non-hydrogen) atoms. The van der Waals surface area contributed by atoms with E-state index in [9.17, 15) is 4.79 Å². The molecule has 0 radical (unpaired) electrons. The monoisotopic (exact) mass is 427 g/mol. The van der Waals surface area contributed by atoms with E-state index < -0.39 is 0 Å². The largest absolute Gasteiger partial charge is 0.302 e. The molecule has 154 valence electrons. The van der Waals surface area contributed by atoms with Crippen LogP contribution in [0.1, 0.15) is 35.3 Å². The fraction of sp³-hybridized carbons (Fsp3) is 0.391. The molecule has 0 aliphatic rings. The van der Waals surface area contributed by atoms with E-state index >= 15 is 0 Å². The highest BCUT2D eigenvalue weighted by atomic mass is 32.2. The number of thioether (sulfide) groups is 1. The molecule has 0 aliphatic carbocycles. The van der Waals surface area contributed by atoms with E-state index in [2.05, 4.69) is 44.1 Å². The van der Waals surface area contributed by atoms with Crippen molar-refractivity contribution in [1.82, 2.24) is 9.88 Å². The third-order valence-electron chi connectivity index (χ3n) is 5.35. The molecule has 0 spiro atoms. The summed E-state index contributed by atoms with van der Waals surface area (Å²) in [6.07, 6.45) is 2.07. The predicted octanol–water partition coefficient (Wildman–Crippen LogP) is 5.62. The van der Waals surface area contributed by atoms with Crippen molar-refractivity contribution in [2.24, 2.45) is 0 Å². The van der Waals surface area contributed by atoms with Crippen molar-refractivity contribution in [3.8, 4) is 0 Å². The van der Waals surface area contributed by atoms with Crippen LogP contribution in [0, 0.1) is 13.8 Å². The quantitative estimate of drug-likeness (QED) is 0.437. The Balaban J connectivity index is 1.97. The molecule has 6 heteroatoms. The summed E-state index contributed by atoms with van der Waals surface area (Å²) in [6.45, 7) is 11.8. The minimum Gasteiger partial charge on any atom is -0.302 e. The third kappa shape index (κ3) is 5.00. The number of hydrogen-bond donors (Lipinski definition) is 0. The molecule has 1 heterocycles. The first-order valence-corrected chi connectivity index (χ1v) is 12.1. The van der Waals surface area contributed by atoms with Crippen LogP contribution < -0.4 is 4.90 Å². The zero-order valence-electron chi connectivity index (χ0n) is 17.9. The number of fused-ring (bicyclic) bond motifs is 1. The van der Waals surface area contributed by atoms with Crippen LogP contribution >= 0.6 is 23.1 Å². The van der Waals surface area contributed by atoms with Crippen LogP contribution in [0.3, 0.4) is 0 Å². The molecule has 4 nitrogen and oxygen atoms in total. The zero-order chi connectivity index (χ0) is 21.0. The lowest BCUT2D eigenvalue weighted by Gasteiger charge is -2.25. The van der Waals surface area contributed by atoms with Crippen molar-refractivity contribution >= 4 is 44.4 Å². The van der Waals surface area contributed by atoms with Crippen LogP contribution in [-0.4, -0.2) is 48.2 Å². The van der Waals surface area contributed by atoms with Crippen molar-refractivity contribution in [2.45, 2.75) is 32.6 Å².